The van der Waals surface area contributed by atoms with Crippen LogP contribution in [0.15, 0.2) is 47.0 Å². The highest BCUT2D eigenvalue weighted by Gasteiger charge is 2.20. The zero-order valence-electron chi connectivity index (χ0n) is 10.7. The Hall–Kier alpha value is -1.55. The number of nitrogens with zero attached hydrogens (tertiary/aromatic N) is 1. The van der Waals surface area contributed by atoms with E-state index in [9.17, 15) is 0 Å². The largest absolute Gasteiger partial charge is 0.459 e. The molecule has 20 heavy (non-hydrogen) atoms. The first-order valence-corrected chi connectivity index (χ1v) is 6.91. The van der Waals surface area contributed by atoms with Gasteiger partial charge in [0.2, 0.25) is 0 Å². The maximum atomic E-state index is 6.21. The Morgan fingerprint density at radius 2 is 2.05 bits per heavy atom. The maximum absolute atomic E-state index is 6.21. The number of pyridine rings is 1. The van der Waals surface area contributed by atoms with E-state index in [1.54, 1.807) is 18.3 Å². The summed E-state index contributed by atoms with van der Waals surface area (Å²) in [7, 11) is 1.84. The van der Waals surface area contributed by atoms with E-state index in [-0.39, 0.29) is 6.04 Å². The molecule has 1 N–H and O–H groups in total. The van der Waals surface area contributed by atoms with Gasteiger partial charge in [0.05, 0.1) is 10.7 Å². The monoisotopic (exact) mass is 306 g/mol. The number of nitrogens with one attached hydrogen (secondary N) is 1. The summed E-state index contributed by atoms with van der Waals surface area (Å²) < 4.78 is 5.87. The van der Waals surface area contributed by atoms with Crippen LogP contribution in [0.1, 0.15) is 17.5 Å². The summed E-state index contributed by atoms with van der Waals surface area (Å²) in [6, 6.07) is 10.9. The molecule has 0 spiro atoms. The molecule has 3 rings (SSSR count). The summed E-state index contributed by atoms with van der Waals surface area (Å²) >= 11 is 12.2. The summed E-state index contributed by atoms with van der Waals surface area (Å²) in [6.07, 6.45) is 1.71. The molecule has 0 amide bonds. The minimum atomic E-state index is -0.199. The van der Waals surface area contributed by atoms with Crippen molar-refractivity contribution in [3.05, 3.63) is 64.1 Å². The summed E-state index contributed by atoms with van der Waals surface area (Å²) in [5.41, 5.74) is 1.53. The van der Waals surface area contributed by atoms with Gasteiger partial charge in [-0.2, -0.15) is 0 Å². The number of rotatable bonds is 3. The van der Waals surface area contributed by atoms with E-state index in [1.165, 1.54) is 0 Å². The van der Waals surface area contributed by atoms with E-state index in [1.807, 2.05) is 31.3 Å². The number of aromatic nitrogens is 1. The van der Waals surface area contributed by atoms with E-state index < -0.39 is 0 Å². The van der Waals surface area contributed by atoms with Crippen molar-refractivity contribution in [1.82, 2.24) is 10.3 Å². The van der Waals surface area contributed by atoms with Crippen molar-refractivity contribution in [1.29, 1.82) is 0 Å². The van der Waals surface area contributed by atoms with Crippen molar-refractivity contribution in [2.75, 3.05) is 7.05 Å². The molecule has 0 radical (unpaired) electrons. The first-order valence-electron chi connectivity index (χ1n) is 6.15. The molecular weight excluding hydrogens is 295 g/mol. The van der Waals surface area contributed by atoms with Gasteiger partial charge in [0.25, 0.3) is 0 Å². The first kappa shape index (κ1) is 13.4. The van der Waals surface area contributed by atoms with Gasteiger partial charge < -0.3 is 9.73 Å². The Morgan fingerprint density at radius 1 is 1.20 bits per heavy atom. The Labute approximate surface area is 126 Å². The van der Waals surface area contributed by atoms with E-state index >= 15 is 0 Å². The van der Waals surface area contributed by atoms with Crippen LogP contribution in [0, 0.1) is 0 Å². The van der Waals surface area contributed by atoms with E-state index in [0.717, 1.165) is 22.4 Å². The van der Waals surface area contributed by atoms with Gasteiger partial charge in [-0.25, -0.2) is 0 Å². The zero-order valence-corrected chi connectivity index (χ0v) is 12.2. The van der Waals surface area contributed by atoms with E-state index in [2.05, 4.69) is 10.3 Å². The van der Waals surface area contributed by atoms with Crippen molar-refractivity contribution < 1.29 is 4.42 Å². The minimum Gasteiger partial charge on any atom is -0.459 e. The summed E-state index contributed by atoms with van der Waals surface area (Å²) in [5.74, 6) is 0.755. The van der Waals surface area contributed by atoms with Crippen LogP contribution in [0.4, 0.5) is 0 Å². The fourth-order valence-electron chi connectivity index (χ4n) is 2.20. The van der Waals surface area contributed by atoms with Crippen LogP contribution in [-0.2, 0) is 0 Å². The second-order valence-electron chi connectivity index (χ2n) is 4.42. The Kier molecular flexibility index (Phi) is 3.66. The molecular formula is C15H12Cl2N2O. The molecule has 3 nitrogen and oxygen atoms in total. The Bertz CT molecular complexity index is 754. The van der Waals surface area contributed by atoms with Gasteiger partial charge >= 0.3 is 0 Å². The fourth-order valence-corrected chi connectivity index (χ4v) is 2.61. The highest BCUT2D eigenvalue weighted by atomic mass is 35.5. The molecule has 2 aromatic heterocycles. The van der Waals surface area contributed by atoms with E-state index in [4.69, 9.17) is 27.6 Å². The Morgan fingerprint density at radius 3 is 2.80 bits per heavy atom. The van der Waals surface area contributed by atoms with Crippen molar-refractivity contribution in [2.24, 2.45) is 0 Å². The molecule has 1 aromatic carbocycles. The lowest BCUT2D eigenvalue weighted by Crippen LogP contribution is -2.18. The summed E-state index contributed by atoms with van der Waals surface area (Å²) in [6.45, 7) is 0. The molecule has 0 saturated carbocycles. The normalized spacial score (nSPS) is 12.8. The fraction of sp³-hybridized carbons (Fsp3) is 0.133. The lowest BCUT2D eigenvalue weighted by atomic mass is 10.1. The van der Waals surface area contributed by atoms with Crippen molar-refractivity contribution in [3.8, 4) is 0 Å². The molecule has 2 heterocycles. The molecule has 0 aliphatic heterocycles. The number of furan rings is 1. The molecule has 0 bridgehead atoms. The molecule has 0 aliphatic rings. The Balaban J connectivity index is 2.10. The average Bonchev–Trinajstić information content (AvgIpc) is 2.84. The third-order valence-electron chi connectivity index (χ3n) is 3.13. The average molecular weight is 307 g/mol. The van der Waals surface area contributed by atoms with Crippen molar-refractivity contribution in [3.63, 3.8) is 0 Å². The predicted molar refractivity (Wildman–Crippen MR) is 81.4 cm³/mol. The maximum Gasteiger partial charge on any atom is 0.134 e. The third kappa shape index (κ3) is 2.40. The standard InChI is InChI=1S/C15H12Cl2N2O/c1-18-15(14-11(17)3-2-6-19-14)13-8-9-7-10(16)4-5-12(9)20-13/h2-8,15,18H,1H3. The predicted octanol–water partition coefficient (Wildman–Crippen LogP) is 4.44. The van der Waals surface area contributed by atoms with Crippen LogP contribution in [0.25, 0.3) is 11.0 Å². The lowest BCUT2D eigenvalue weighted by Gasteiger charge is -2.13. The first-order chi connectivity index (χ1) is 9.69. The van der Waals surface area contributed by atoms with Gasteiger partial charge in [-0.1, -0.05) is 23.2 Å². The molecule has 1 atom stereocenters. The molecule has 102 valence electrons. The zero-order chi connectivity index (χ0) is 14.1. The number of hydrogen-bond acceptors (Lipinski definition) is 3. The minimum absolute atomic E-state index is 0.199. The third-order valence-corrected chi connectivity index (χ3v) is 3.69. The van der Waals surface area contributed by atoms with Gasteiger partial charge in [-0.3, -0.25) is 4.98 Å². The van der Waals surface area contributed by atoms with E-state index in [0.29, 0.717) is 10.0 Å². The highest BCUT2D eigenvalue weighted by Crippen LogP contribution is 2.31. The van der Waals surface area contributed by atoms with Crippen LogP contribution in [0.2, 0.25) is 10.0 Å². The summed E-state index contributed by atoms with van der Waals surface area (Å²) in [4.78, 5) is 4.33. The lowest BCUT2D eigenvalue weighted by molar-refractivity contribution is 0.486. The van der Waals surface area contributed by atoms with Gasteiger partial charge in [0.15, 0.2) is 0 Å². The molecule has 0 aliphatic carbocycles. The van der Waals surface area contributed by atoms with Crippen LogP contribution in [0.5, 0.6) is 0 Å². The quantitative estimate of drug-likeness (QED) is 0.777. The molecule has 3 aromatic rings. The highest BCUT2D eigenvalue weighted by molar-refractivity contribution is 6.31. The van der Waals surface area contributed by atoms with Gasteiger partial charge in [-0.15, -0.1) is 0 Å². The van der Waals surface area contributed by atoms with Crippen molar-refractivity contribution >= 4 is 34.2 Å². The smallest absolute Gasteiger partial charge is 0.134 e. The second kappa shape index (κ2) is 5.44. The number of fused-ring (bicyclic) bond motifs is 1. The van der Waals surface area contributed by atoms with Crippen LogP contribution in [0.3, 0.4) is 0 Å². The number of hydrogen-bond donors (Lipinski definition) is 1. The number of benzene rings is 1. The van der Waals surface area contributed by atoms with Gasteiger partial charge in [0, 0.05) is 16.6 Å². The van der Waals surface area contributed by atoms with Crippen LogP contribution < -0.4 is 5.32 Å². The SMILES string of the molecule is CNC(c1cc2cc(Cl)ccc2o1)c1ncccc1Cl. The summed E-state index contributed by atoms with van der Waals surface area (Å²) in [5, 5.41) is 5.42. The number of halogens is 2. The van der Waals surface area contributed by atoms with Crippen LogP contribution >= 0.6 is 23.2 Å². The molecule has 1 unspecified atom stereocenters. The second-order valence-corrected chi connectivity index (χ2v) is 5.27. The molecule has 5 heteroatoms. The van der Waals surface area contributed by atoms with Gasteiger partial charge in [-0.05, 0) is 43.4 Å². The molecule has 0 fully saturated rings. The molecule has 0 saturated heterocycles. The van der Waals surface area contributed by atoms with Crippen LogP contribution in [-0.4, -0.2) is 12.0 Å². The topological polar surface area (TPSA) is 38.1 Å². The van der Waals surface area contributed by atoms with Gasteiger partial charge in [0.1, 0.15) is 17.4 Å². The van der Waals surface area contributed by atoms with Crippen molar-refractivity contribution in [2.45, 2.75) is 6.04 Å².